The van der Waals surface area contributed by atoms with Gasteiger partial charge < -0.3 is 4.90 Å². The molecule has 0 saturated carbocycles. The van der Waals surface area contributed by atoms with Crippen LogP contribution >= 0.6 is 12.6 Å². The smallest absolute Gasteiger partial charge is 0.227 e. The van der Waals surface area contributed by atoms with E-state index in [1.807, 2.05) is 35.4 Å². The summed E-state index contributed by atoms with van der Waals surface area (Å²) in [4.78, 5) is 18.1. The molecule has 1 amide bonds. The molecule has 1 aromatic heterocycles. The number of anilines is 1. The maximum Gasteiger partial charge on any atom is 0.227 e. The zero-order valence-electron chi connectivity index (χ0n) is 9.91. The Morgan fingerprint density at radius 1 is 1.33 bits per heavy atom. The molecule has 1 aliphatic heterocycles. The summed E-state index contributed by atoms with van der Waals surface area (Å²) in [6.45, 7) is 0.748. The van der Waals surface area contributed by atoms with E-state index in [4.69, 9.17) is 0 Å². The van der Waals surface area contributed by atoms with Gasteiger partial charge in [0.15, 0.2) is 0 Å². The van der Waals surface area contributed by atoms with Crippen LogP contribution in [0, 0.1) is 5.92 Å². The van der Waals surface area contributed by atoms with Crippen molar-refractivity contribution >= 4 is 35.0 Å². The molecule has 0 aliphatic carbocycles. The van der Waals surface area contributed by atoms with Gasteiger partial charge in [-0.05, 0) is 11.7 Å². The standard InChI is InChI=1S/C14H14N2OS/c17-14-5-10(9-18)8-16(14)13-7-15-6-11-3-1-2-4-12(11)13/h1-4,6-7,10,18H,5,8-9H2. The van der Waals surface area contributed by atoms with Crippen molar-refractivity contribution in [3.05, 3.63) is 36.7 Å². The SMILES string of the molecule is O=C1CC(CS)CN1c1cncc2ccccc12. The highest BCUT2D eigenvalue weighted by atomic mass is 32.1. The molecule has 0 radical (unpaired) electrons. The molecule has 0 spiro atoms. The van der Waals surface area contributed by atoms with Crippen LogP contribution in [0.25, 0.3) is 10.8 Å². The van der Waals surface area contributed by atoms with Gasteiger partial charge in [0, 0.05) is 29.9 Å². The Balaban J connectivity index is 2.07. The Morgan fingerprint density at radius 2 is 2.17 bits per heavy atom. The summed E-state index contributed by atoms with van der Waals surface area (Å²) in [6, 6.07) is 8.02. The van der Waals surface area contributed by atoms with Crippen molar-refractivity contribution in [1.82, 2.24) is 4.98 Å². The zero-order chi connectivity index (χ0) is 12.5. The molecule has 2 heterocycles. The van der Waals surface area contributed by atoms with E-state index < -0.39 is 0 Å². The molecule has 1 unspecified atom stereocenters. The first kappa shape index (κ1) is 11.5. The monoisotopic (exact) mass is 258 g/mol. The molecule has 1 fully saturated rings. The lowest BCUT2D eigenvalue weighted by Gasteiger charge is -2.18. The van der Waals surface area contributed by atoms with E-state index in [2.05, 4.69) is 17.6 Å². The molecule has 1 aromatic carbocycles. The minimum Gasteiger partial charge on any atom is -0.310 e. The number of fused-ring (bicyclic) bond motifs is 1. The van der Waals surface area contributed by atoms with Crippen LogP contribution in [0.4, 0.5) is 5.69 Å². The molecule has 3 rings (SSSR count). The predicted octanol–water partition coefficient (Wildman–Crippen LogP) is 2.52. The predicted molar refractivity (Wildman–Crippen MR) is 76.1 cm³/mol. The van der Waals surface area contributed by atoms with E-state index >= 15 is 0 Å². The molecule has 92 valence electrons. The van der Waals surface area contributed by atoms with Crippen LogP contribution in [-0.4, -0.2) is 23.2 Å². The van der Waals surface area contributed by atoms with E-state index in [-0.39, 0.29) is 5.91 Å². The second-order valence-electron chi connectivity index (χ2n) is 4.64. The minimum atomic E-state index is 0.173. The third-order valence-electron chi connectivity index (χ3n) is 3.40. The summed E-state index contributed by atoms with van der Waals surface area (Å²) in [5, 5.41) is 2.15. The fourth-order valence-electron chi connectivity index (χ4n) is 2.45. The Labute approximate surface area is 111 Å². The first-order chi connectivity index (χ1) is 8.79. The van der Waals surface area contributed by atoms with E-state index in [0.717, 1.165) is 28.8 Å². The molecular weight excluding hydrogens is 244 g/mol. The van der Waals surface area contributed by atoms with E-state index in [1.54, 1.807) is 6.20 Å². The molecule has 4 heteroatoms. The summed E-state index contributed by atoms with van der Waals surface area (Å²) >= 11 is 4.29. The van der Waals surface area contributed by atoms with Gasteiger partial charge in [0.05, 0.1) is 11.9 Å². The number of rotatable bonds is 2. The van der Waals surface area contributed by atoms with E-state index in [0.29, 0.717) is 12.3 Å². The van der Waals surface area contributed by atoms with Gasteiger partial charge in [0.1, 0.15) is 0 Å². The Morgan fingerprint density at radius 3 is 2.94 bits per heavy atom. The van der Waals surface area contributed by atoms with Gasteiger partial charge in [-0.1, -0.05) is 24.3 Å². The largest absolute Gasteiger partial charge is 0.310 e. The van der Waals surface area contributed by atoms with E-state index in [9.17, 15) is 4.79 Å². The van der Waals surface area contributed by atoms with Gasteiger partial charge in [-0.3, -0.25) is 9.78 Å². The van der Waals surface area contributed by atoms with Gasteiger partial charge in [-0.2, -0.15) is 12.6 Å². The van der Waals surface area contributed by atoms with Crippen molar-refractivity contribution in [3.63, 3.8) is 0 Å². The van der Waals surface area contributed by atoms with Gasteiger partial charge in [-0.15, -0.1) is 0 Å². The molecule has 0 N–H and O–H groups in total. The van der Waals surface area contributed by atoms with Crippen LogP contribution in [0.2, 0.25) is 0 Å². The van der Waals surface area contributed by atoms with Crippen LogP contribution in [0.3, 0.4) is 0 Å². The fraction of sp³-hybridized carbons (Fsp3) is 0.286. The Bertz CT molecular complexity index is 594. The minimum absolute atomic E-state index is 0.173. The number of nitrogens with zero attached hydrogens (tertiary/aromatic N) is 2. The lowest BCUT2D eigenvalue weighted by molar-refractivity contribution is -0.117. The van der Waals surface area contributed by atoms with Gasteiger partial charge in [0.25, 0.3) is 0 Å². The summed E-state index contributed by atoms with van der Waals surface area (Å²) < 4.78 is 0. The normalized spacial score (nSPS) is 19.7. The lowest BCUT2D eigenvalue weighted by Crippen LogP contribution is -2.25. The Kier molecular flexibility index (Phi) is 2.96. The van der Waals surface area contributed by atoms with Crippen molar-refractivity contribution in [2.45, 2.75) is 6.42 Å². The molecule has 1 saturated heterocycles. The summed E-state index contributed by atoms with van der Waals surface area (Å²) in [6.07, 6.45) is 4.20. The molecule has 0 bridgehead atoms. The number of thiol groups is 1. The average Bonchev–Trinajstić information content (AvgIpc) is 2.79. The third-order valence-corrected chi connectivity index (χ3v) is 3.92. The van der Waals surface area contributed by atoms with Gasteiger partial charge >= 0.3 is 0 Å². The number of carbonyl (C=O) groups is 1. The highest BCUT2D eigenvalue weighted by molar-refractivity contribution is 7.80. The number of pyridine rings is 1. The van der Waals surface area contributed by atoms with Crippen molar-refractivity contribution in [2.75, 3.05) is 17.2 Å². The Hall–Kier alpha value is -1.55. The number of benzene rings is 1. The van der Waals surface area contributed by atoms with Crippen LogP contribution in [-0.2, 0) is 4.79 Å². The summed E-state index contributed by atoms with van der Waals surface area (Å²) in [5.74, 6) is 1.27. The van der Waals surface area contributed by atoms with Gasteiger partial charge in [0.2, 0.25) is 5.91 Å². The number of aromatic nitrogens is 1. The van der Waals surface area contributed by atoms with Crippen molar-refractivity contribution < 1.29 is 4.79 Å². The van der Waals surface area contributed by atoms with E-state index in [1.165, 1.54) is 0 Å². The molecule has 18 heavy (non-hydrogen) atoms. The number of hydrogen-bond acceptors (Lipinski definition) is 3. The first-order valence-corrected chi connectivity index (χ1v) is 6.67. The van der Waals surface area contributed by atoms with Crippen LogP contribution in [0.15, 0.2) is 36.7 Å². The molecular formula is C14H14N2OS. The van der Waals surface area contributed by atoms with Crippen molar-refractivity contribution in [1.29, 1.82) is 0 Å². The maximum atomic E-state index is 12.1. The first-order valence-electron chi connectivity index (χ1n) is 6.03. The van der Waals surface area contributed by atoms with Crippen LogP contribution in [0.5, 0.6) is 0 Å². The zero-order valence-corrected chi connectivity index (χ0v) is 10.8. The second-order valence-corrected chi connectivity index (χ2v) is 5.00. The van der Waals surface area contributed by atoms with Crippen LogP contribution < -0.4 is 4.90 Å². The molecule has 2 aromatic rings. The molecule has 1 atom stereocenters. The topological polar surface area (TPSA) is 33.2 Å². The summed E-state index contributed by atoms with van der Waals surface area (Å²) in [5.41, 5.74) is 0.919. The molecule has 1 aliphatic rings. The number of amides is 1. The second kappa shape index (κ2) is 4.61. The third kappa shape index (κ3) is 1.86. The highest BCUT2D eigenvalue weighted by Gasteiger charge is 2.30. The maximum absolute atomic E-state index is 12.1. The quantitative estimate of drug-likeness (QED) is 0.840. The lowest BCUT2D eigenvalue weighted by atomic mass is 10.1. The number of carbonyl (C=O) groups excluding carboxylic acids is 1. The molecule has 3 nitrogen and oxygen atoms in total. The van der Waals surface area contributed by atoms with Crippen LogP contribution in [0.1, 0.15) is 6.42 Å². The van der Waals surface area contributed by atoms with Gasteiger partial charge in [-0.25, -0.2) is 0 Å². The summed E-state index contributed by atoms with van der Waals surface area (Å²) in [7, 11) is 0. The van der Waals surface area contributed by atoms with Crippen molar-refractivity contribution in [3.8, 4) is 0 Å². The van der Waals surface area contributed by atoms with Crippen molar-refractivity contribution in [2.24, 2.45) is 5.92 Å². The average molecular weight is 258 g/mol. The fourth-order valence-corrected chi connectivity index (χ4v) is 2.70. The highest BCUT2D eigenvalue weighted by Crippen LogP contribution is 2.30. The number of hydrogen-bond donors (Lipinski definition) is 1.